The number of nitrogens with one attached hydrogen (secondary N) is 1. The molecule has 1 aliphatic rings. The molecule has 3 rings (SSSR count). The van der Waals surface area contributed by atoms with Crippen LogP contribution in [-0.4, -0.2) is 18.1 Å². The smallest absolute Gasteiger partial charge is 0.408 e. The number of fused-ring (bicyclic) bond motifs is 1. The Bertz CT molecular complexity index is 834. The van der Waals surface area contributed by atoms with Gasteiger partial charge in [-0.15, -0.1) is 0 Å². The number of benzene rings is 1. The Labute approximate surface area is 102 Å². The van der Waals surface area contributed by atoms with E-state index in [2.05, 4.69) is 4.98 Å². The van der Waals surface area contributed by atoms with Crippen LogP contribution < -0.4 is 5.76 Å². The van der Waals surface area contributed by atoms with E-state index in [-0.39, 0.29) is 10.5 Å². The summed E-state index contributed by atoms with van der Waals surface area (Å²) in [7, 11) is -3.70. The number of hydrogen-bond donors (Lipinski definition) is 1. The molecule has 0 spiro atoms. The van der Waals surface area contributed by atoms with Crippen molar-refractivity contribution >= 4 is 20.9 Å². The number of H-pyrrole nitrogens is 1. The fourth-order valence-corrected chi connectivity index (χ4v) is 3.59. The van der Waals surface area contributed by atoms with E-state index in [1.54, 1.807) is 0 Å². The molecular weight excluding hydrogens is 256 g/mol. The number of aromatic nitrogens is 1. The molecule has 1 heterocycles. The van der Waals surface area contributed by atoms with Gasteiger partial charge < -0.3 is 4.42 Å². The minimum absolute atomic E-state index is 0.0109. The highest BCUT2D eigenvalue weighted by Gasteiger charge is 2.56. The van der Waals surface area contributed by atoms with Crippen LogP contribution in [0.4, 0.5) is 0 Å². The highest BCUT2D eigenvalue weighted by molar-refractivity contribution is 7.93. The maximum atomic E-state index is 12.2. The third kappa shape index (κ3) is 1.32. The number of nitrogens with zero attached hydrogens (tertiary/aromatic N) is 1. The van der Waals surface area contributed by atoms with Crippen molar-refractivity contribution in [2.45, 2.75) is 22.5 Å². The lowest BCUT2D eigenvalue weighted by Gasteiger charge is -2.07. The zero-order chi connectivity index (χ0) is 13.0. The lowest BCUT2D eigenvalue weighted by molar-refractivity contribution is 0.553. The van der Waals surface area contributed by atoms with E-state index in [0.717, 1.165) is 0 Å². The molecule has 0 unspecified atom stereocenters. The molecule has 0 aliphatic heterocycles. The maximum Gasteiger partial charge on any atom is 0.417 e. The van der Waals surface area contributed by atoms with Crippen molar-refractivity contribution in [1.29, 1.82) is 5.26 Å². The van der Waals surface area contributed by atoms with E-state index < -0.39 is 20.3 Å². The van der Waals surface area contributed by atoms with Crippen LogP contribution in [0.25, 0.3) is 11.1 Å². The molecule has 1 aliphatic carbocycles. The highest BCUT2D eigenvalue weighted by Crippen LogP contribution is 2.46. The van der Waals surface area contributed by atoms with Gasteiger partial charge in [-0.25, -0.2) is 13.2 Å². The van der Waals surface area contributed by atoms with E-state index in [9.17, 15) is 13.2 Å². The number of hydrogen-bond acceptors (Lipinski definition) is 5. The van der Waals surface area contributed by atoms with Crippen LogP contribution in [0.5, 0.6) is 0 Å². The van der Waals surface area contributed by atoms with Crippen molar-refractivity contribution in [2.75, 3.05) is 0 Å². The maximum absolute atomic E-state index is 12.2. The van der Waals surface area contributed by atoms with Gasteiger partial charge in [-0.1, -0.05) is 0 Å². The molecule has 7 heteroatoms. The lowest BCUT2D eigenvalue weighted by Crippen LogP contribution is -2.21. The van der Waals surface area contributed by atoms with Crippen LogP contribution in [0.3, 0.4) is 0 Å². The van der Waals surface area contributed by atoms with Crippen molar-refractivity contribution in [3.8, 4) is 6.07 Å². The van der Waals surface area contributed by atoms with Crippen molar-refractivity contribution < 1.29 is 12.8 Å². The Morgan fingerprint density at radius 2 is 2.11 bits per heavy atom. The average molecular weight is 264 g/mol. The second-order valence-electron chi connectivity index (χ2n) is 4.28. The normalized spacial score (nSPS) is 17.5. The van der Waals surface area contributed by atoms with E-state index in [4.69, 9.17) is 9.68 Å². The molecule has 0 atom stereocenters. The molecule has 0 amide bonds. The zero-order valence-electron chi connectivity index (χ0n) is 9.13. The summed E-state index contributed by atoms with van der Waals surface area (Å²) in [6.07, 6.45) is 0.696. The Balaban J connectivity index is 2.21. The van der Waals surface area contributed by atoms with E-state index in [0.29, 0.717) is 18.4 Å². The Hall–Kier alpha value is -2.07. The van der Waals surface area contributed by atoms with Gasteiger partial charge in [-0.3, -0.25) is 4.98 Å². The molecule has 1 N–H and O–H groups in total. The van der Waals surface area contributed by atoms with Crippen LogP contribution in [0, 0.1) is 11.3 Å². The third-order valence-corrected chi connectivity index (χ3v) is 5.53. The summed E-state index contributed by atoms with van der Waals surface area (Å²) in [5, 5.41) is 8.96. The van der Waals surface area contributed by atoms with Crippen LogP contribution in [0.15, 0.2) is 32.3 Å². The minimum Gasteiger partial charge on any atom is -0.408 e. The fraction of sp³-hybridized carbons (Fsp3) is 0.273. The summed E-state index contributed by atoms with van der Waals surface area (Å²) in [4.78, 5) is 13.4. The van der Waals surface area contributed by atoms with Gasteiger partial charge in [-0.2, -0.15) is 5.26 Å². The first kappa shape index (κ1) is 11.0. The van der Waals surface area contributed by atoms with Gasteiger partial charge >= 0.3 is 5.76 Å². The van der Waals surface area contributed by atoms with Gasteiger partial charge in [0.15, 0.2) is 20.2 Å². The van der Waals surface area contributed by atoms with Crippen LogP contribution in [-0.2, 0) is 9.84 Å². The number of oxazole rings is 1. The fourth-order valence-electron chi connectivity index (χ4n) is 1.87. The van der Waals surface area contributed by atoms with Gasteiger partial charge in [-0.05, 0) is 25.0 Å². The molecule has 0 radical (unpaired) electrons. The van der Waals surface area contributed by atoms with Crippen LogP contribution in [0.1, 0.15) is 12.8 Å². The Kier molecular flexibility index (Phi) is 1.98. The lowest BCUT2D eigenvalue weighted by atomic mass is 10.3. The predicted molar refractivity (Wildman–Crippen MR) is 61.6 cm³/mol. The molecule has 1 aromatic carbocycles. The first-order chi connectivity index (χ1) is 8.48. The zero-order valence-corrected chi connectivity index (χ0v) is 9.95. The van der Waals surface area contributed by atoms with E-state index in [1.807, 2.05) is 6.07 Å². The summed E-state index contributed by atoms with van der Waals surface area (Å²) >= 11 is 0. The summed E-state index contributed by atoms with van der Waals surface area (Å²) < 4.78 is 28.0. The number of aromatic amines is 1. The predicted octanol–water partition coefficient (Wildman–Crippen LogP) is 0.951. The number of nitriles is 1. The van der Waals surface area contributed by atoms with Crippen molar-refractivity contribution in [3.05, 3.63) is 28.7 Å². The SMILES string of the molecule is N#CC1(S(=O)(=O)c2ccc3[nH]c(=O)oc3c2)CC1. The first-order valence-corrected chi connectivity index (χ1v) is 6.76. The molecule has 2 aromatic rings. The summed E-state index contributed by atoms with van der Waals surface area (Å²) in [6.45, 7) is 0. The minimum atomic E-state index is -3.70. The van der Waals surface area contributed by atoms with E-state index in [1.165, 1.54) is 18.2 Å². The van der Waals surface area contributed by atoms with Gasteiger partial charge in [0.25, 0.3) is 0 Å². The Morgan fingerprint density at radius 3 is 2.72 bits per heavy atom. The molecule has 0 bridgehead atoms. The largest absolute Gasteiger partial charge is 0.417 e. The monoisotopic (exact) mass is 264 g/mol. The molecule has 1 aromatic heterocycles. The topological polar surface area (TPSA) is 104 Å². The Morgan fingerprint density at radius 1 is 1.39 bits per heavy atom. The quantitative estimate of drug-likeness (QED) is 0.869. The molecule has 18 heavy (non-hydrogen) atoms. The second kappa shape index (κ2) is 3.23. The summed E-state index contributed by atoms with van der Waals surface area (Å²) in [5.74, 6) is -0.638. The van der Waals surface area contributed by atoms with E-state index >= 15 is 0 Å². The second-order valence-corrected chi connectivity index (χ2v) is 6.54. The van der Waals surface area contributed by atoms with Gasteiger partial charge in [0.1, 0.15) is 0 Å². The third-order valence-electron chi connectivity index (χ3n) is 3.13. The first-order valence-electron chi connectivity index (χ1n) is 5.27. The molecule has 92 valence electrons. The molecule has 1 fully saturated rings. The van der Waals surface area contributed by atoms with Crippen LogP contribution >= 0.6 is 0 Å². The molecule has 1 saturated carbocycles. The van der Waals surface area contributed by atoms with Crippen molar-refractivity contribution in [3.63, 3.8) is 0 Å². The molecule has 6 nitrogen and oxygen atoms in total. The number of sulfone groups is 1. The van der Waals surface area contributed by atoms with Gasteiger partial charge in [0.2, 0.25) is 0 Å². The van der Waals surface area contributed by atoms with Crippen LogP contribution in [0.2, 0.25) is 0 Å². The standard InChI is InChI=1S/C11H8N2O4S/c12-6-11(3-4-11)18(15,16)7-1-2-8-9(5-7)17-10(14)13-8/h1-2,5H,3-4H2,(H,13,14). The van der Waals surface area contributed by atoms with Crippen molar-refractivity contribution in [2.24, 2.45) is 0 Å². The average Bonchev–Trinajstić information content (AvgIpc) is 3.05. The molecular formula is C11H8N2O4S. The summed E-state index contributed by atoms with van der Waals surface area (Å²) in [6, 6.07) is 5.97. The van der Waals surface area contributed by atoms with Crippen molar-refractivity contribution in [1.82, 2.24) is 4.98 Å². The number of rotatable bonds is 2. The van der Waals surface area contributed by atoms with Gasteiger partial charge in [0.05, 0.1) is 16.5 Å². The summed E-state index contributed by atoms with van der Waals surface area (Å²) in [5.41, 5.74) is 0.607. The highest BCUT2D eigenvalue weighted by atomic mass is 32.2. The van der Waals surface area contributed by atoms with Gasteiger partial charge in [0, 0.05) is 6.07 Å². The molecule has 0 saturated heterocycles.